The van der Waals surface area contributed by atoms with Crippen LogP contribution in [-0.2, 0) is 16.1 Å². The minimum atomic E-state index is -0.808. The smallest absolute Gasteiger partial charge is 0.251 e. The van der Waals surface area contributed by atoms with Crippen molar-refractivity contribution < 1.29 is 9.53 Å². The minimum absolute atomic E-state index is 0.0566. The van der Waals surface area contributed by atoms with Gasteiger partial charge in [-0.1, -0.05) is 19.4 Å². The first-order chi connectivity index (χ1) is 11.4. The summed E-state index contributed by atoms with van der Waals surface area (Å²) in [5, 5.41) is 3.18. The molecule has 0 bridgehead atoms. The van der Waals surface area contributed by atoms with Crippen molar-refractivity contribution >= 4 is 11.7 Å². The highest BCUT2D eigenvalue weighted by Gasteiger charge is 2.36. The van der Waals surface area contributed by atoms with Crippen LogP contribution in [0.25, 0.3) is 0 Å². The number of amides is 1. The highest BCUT2D eigenvalue weighted by atomic mass is 16.5. The summed E-state index contributed by atoms with van der Waals surface area (Å²) in [5.41, 5.74) is 6.19. The van der Waals surface area contributed by atoms with Crippen molar-refractivity contribution in [3.8, 4) is 0 Å². The fourth-order valence-electron chi connectivity index (χ4n) is 3.18. The molecule has 1 aromatic rings. The Hall–Kier alpha value is -1.66. The number of nitrogens with two attached hydrogens (primary N) is 1. The van der Waals surface area contributed by atoms with Crippen molar-refractivity contribution in [2.45, 2.75) is 51.8 Å². The van der Waals surface area contributed by atoms with Crippen LogP contribution in [0.5, 0.6) is 0 Å². The van der Waals surface area contributed by atoms with E-state index in [4.69, 9.17) is 10.5 Å². The summed E-state index contributed by atoms with van der Waals surface area (Å²) in [4.78, 5) is 18.9. The molecule has 134 valence electrons. The summed E-state index contributed by atoms with van der Waals surface area (Å²) >= 11 is 0. The lowest BCUT2D eigenvalue weighted by molar-refractivity contribution is -0.140. The SMILES string of the molecule is CCCC1CN(Cc2cccnc2N)CC1NC(=O)C(C)(C)OC. The zero-order valence-electron chi connectivity index (χ0n) is 15.2. The van der Waals surface area contributed by atoms with Gasteiger partial charge in [0.15, 0.2) is 0 Å². The zero-order chi connectivity index (χ0) is 17.7. The first-order valence-electron chi connectivity index (χ1n) is 8.65. The molecule has 1 aliphatic rings. The highest BCUT2D eigenvalue weighted by Crippen LogP contribution is 2.25. The van der Waals surface area contributed by atoms with Crippen molar-refractivity contribution in [1.82, 2.24) is 15.2 Å². The molecule has 6 heteroatoms. The first kappa shape index (κ1) is 18.7. The molecule has 1 fully saturated rings. The molecule has 3 N–H and O–H groups in total. The Bertz CT molecular complexity index is 562. The summed E-state index contributed by atoms with van der Waals surface area (Å²) < 4.78 is 5.29. The second-order valence-corrected chi connectivity index (χ2v) is 7.08. The van der Waals surface area contributed by atoms with Crippen LogP contribution in [0.1, 0.15) is 39.2 Å². The van der Waals surface area contributed by atoms with Gasteiger partial charge in [0.25, 0.3) is 5.91 Å². The van der Waals surface area contributed by atoms with Crippen LogP contribution in [0.3, 0.4) is 0 Å². The first-order valence-corrected chi connectivity index (χ1v) is 8.65. The maximum atomic E-state index is 12.4. The Morgan fingerprint density at radius 1 is 1.50 bits per heavy atom. The van der Waals surface area contributed by atoms with E-state index in [2.05, 4.69) is 22.1 Å². The molecule has 0 aromatic carbocycles. The number of nitrogens with zero attached hydrogens (tertiary/aromatic N) is 2. The van der Waals surface area contributed by atoms with E-state index in [1.54, 1.807) is 27.2 Å². The topological polar surface area (TPSA) is 80.5 Å². The number of anilines is 1. The predicted molar refractivity (Wildman–Crippen MR) is 95.3 cm³/mol. The van der Waals surface area contributed by atoms with Crippen molar-refractivity contribution in [3.05, 3.63) is 23.9 Å². The highest BCUT2D eigenvalue weighted by molar-refractivity contribution is 5.84. The summed E-state index contributed by atoms with van der Waals surface area (Å²) in [7, 11) is 1.56. The standard InChI is InChI=1S/C18H30N4O2/c1-5-7-13-10-22(11-14-8-6-9-20-16(14)19)12-15(13)21-17(23)18(2,3)24-4/h6,8-9,13,15H,5,7,10-12H2,1-4H3,(H2,19,20)(H,21,23). The second kappa shape index (κ2) is 7.94. The molecule has 1 amide bonds. The van der Waals surface area contributed by atoms with Gasteiger partial charge in [-0.25, -0.2) is 4.98 Å². The molecule has 0 radical (unpaired) electrons. The van der Waals surface area contributed by atoms with Crippen molar-refractivity contribution in [2.75, 3.05) is 25.9 Å². The number of carbonyl (C=O) groups is 1. The number of rotatable bonds is 7. The molecule has 6 nitrogen and oxygen atoms in total. The maximum Gasteiger partial charge on any atom is 0.251 e. The zero-order valence-corrected chi connectivity index (χ0v) is 15.2. The van der Waals surface area contributed by atoms with Crippen LogP contribution in [0.4, 0.5) is 5.82 Å². The number of hydrogen-bond donors (Lipinski definition) is 2. The number of pyridine rings is 1. The van der Waals surface area contributed by atoms with Crippen LogP contribution in [0.15, 0.2) is 18.3 Å². The van der Waals surface area contributed by atoms with Crippen LogP contribution in [0, 0.1) is 5.92 Å². The van der Waals surface area contributed by atoms with Gasteiger partial charge in [0.05, 0.1) is 0 Å². The third-order valence-electron chi connectivity index (χ3n) is 4.87. The third-order valence-corrected chi connectivity index (χ3v) is 4.87. The lowest BCUT2D eigenvalue weighted by atomic mass is 9.97. The molecule has 2 heterocycles. The average molecular weight is 334 g/mol. The molecule has 1 aromatic heterocycles. The maximum absolute atomic E-state index is 12.4. The van der Waals surface area contributed by atoms with Gasteiger partial charge in [-0.2, -0.15) is 0 Å². The molecule has 1 aliphatic heterocycles. The number of hydrogen-bond acceptors (Lipinski definition) is 5. The van der Waals surface area contributed by atoms with Gasteiger partial charge in [0.1, 0.15) is 11.4 Å². The number of aromatic nitrogens is 1. The molecule has 1 saturated heterocycles. The van der Waals surface area contributed by atoms with Gasteiger partial charge >= 0.3 is 0 Å². The quantitative estimate of drug-likeness (QED) is 0.795. The molecule has 24 heavy (non-hydrogen) atoms. The number of nitrogen functional groups attached to an aromatic ring is 1. The number of nitrogens with one attached hydrogen (secondary N) is 1. The minimum Gasteiger partial charge on any atom is -0.383 e. The fourth-order valence-corrected chi connectivity index (χ4v) is 3.18. The fraction of sp³-hybridized carbons (Fsp3) is 0.667. The Morgan fingerprint density at radius 2 is 2.25 bits per heavy atom. The van der Waals surface area contributed by atoms with Gasteiger partial charge < -0.3 is 15.8 Å². The lowest BCUT2D eigenvalue weighted by Gasteiger charge is -2.26. The van der Waals surface area contributed by atoms with Crippen molar-refractivity contribution in [3.63, 3.8) is 0 Å². The summed E-state index contributed by atoms with van der Waals surface area (Å²) in [6, 6.07) is 4.06. The van der Waals surface area contributed by atoms with Crippen LogP contribution in [-0.4, -0.2) is 47.6 Å². The van der Waals surface area contributed by atoms with Crippen LogP contribution >= 0.6 is 0 Å². The van der Waals surface area contributed by atoms with E-state index >= 15 is 0 Å². The molecular weight excluding hydrogens is 304 g/mol. The van der Waals surface area contributed by atoms with Gasteiger partial charge in [0, 0.05) is 44.5 Å². The van der Waals surface area contributed by atoms with E-state index in [1.807, 2.05) is 12.1 Å². The predicted octanol–water partition coefficient (Wildman–Crippen LogP) is 1.81. The normalized spacial score (nSPS) is 21.8. The molecular formula is C18H30N4O2. The van der Waals surface area contributed by atoms with E-state index < -0.39 is 5.60 Å². The largest absolute Gasteiger partial charge is 0.383 e. The summed E-state index contributed by atoms with van der Waals surface area (Å²) in [6.45, 7) is 8.31. The second-order valence-electron chi connectivity index (χ2n) is 7.08. The van der Waals surface area contributed by atoms with Crippen LogP contribution < -0.4 is 11.1 Å². The Kier molecular flexibility index (Phi) is 6.18. The Morgan fingerprint density at radius 3 is 2.88 bits per heavy atom. The van der Waals surface area contributed by atoms with E-state index in [9.17, 15) is 4.79 Å². The van der Waals surface area contributed by atoms with E-state index in [0.717, 1.165) is 38.0 Å². The Balaban J connectivity index is 2.03. The van der Waals surface area contributed by atoms with Gasteiger partial charge in [-0.3, -0.25) is 9.69 Å². The molecule has 2 atom stereocenters. The van der Waals surface area contributed by atoms with E-state index in [-0.39, 0.29) is 11.9 Å². The van der Waals surface area contributed by atoms with Crippen molar-refractivity contribution in [1.29, 1.82) is 0 Å². The summed E-state index contributed by atoms with van der Waals surface area (Å²) in [5.74, 6) is 0.973. The van der Waals surface area contributed by atoms with Gasteiger partial charge in [-0.15, -0.1) is 0 Å². The molecule has 2 rings (SSSR count). The molecule has 2 unspecified atom stereocenters. The third kappa shape index (κ3) is 4.45. The molecule has 0 aliphatic carbocycles. The molecule has 0 spiro atoms. The van der Waals surface area contributed by atoms with Crippen molar-refractivity contribution in [2.24, 2.45) is 5.92 Å². The van der Waals surface area contributed by atoms with E-state index in [0.29, 0.717) is 11.7 Å². The van der Waals surface area contributed by atoms with Gasteiger partial charge in [-0.05, 0) is 32.3 Å². The van der Waals surface area contributed by atoms with Crippen LogP contribution in [0.2, 0.25) is 0 Å². The average Bonchev–Trinajstić information content (AvgIpc) is 2.91. The number of ether oxygens (including phenoxy) is 1. The van der Waals surface area contributed by atoms with E-state index in [1.165, 1.54) is 0 Å². The monoisotopic (exact) mass is 334 g/mol. The number of methoxy groups -OCH3 is 1. The summed E-state index contributed by atoms with van der Waals surface area (Å²) in [6.07, 6.45) is 3.91. The number of carbonyl (C=O) groups excluding carboxylic acids is 1. The Labute approximate surface area is 144 Å². The molecule has 0 saturated carbocycles. The number of likely N-dealkylation sites (tertiary alicyclic amines) is 1. The van der Waals surface area contributed by atoms with Gasteiger partial charge in [0.2, 0.25) is 0 Å². The lowest BCUT2D eigenvalue weighted by Crippen LogP contribution is -2.50.